The van der Waals surface area contributed by atoms with E-state index in [2.05, 4.69) is 10.0 Å². The molecule has 0 aliphatic carbocycles. The van der Waals surface area contributed by atoms with Crippen LogP contribution < -0.4 is 10.0 Å². The molecule has 2 N–H and O–H groups in total. The Bertz CT molecular complexity index is 1100. The number of fused-ring (bicyclic) bond motifs is 3. The molecule has 0 amide bonds. The van der Waals surface area contributed by atoms with Crippen LogP contribution in [0.15, 0.2) is 44.8 Å². The highest BCUT2D eigenvalue weighted by molar-refractivity contribution is 7.99. The molecule has 30 heavy (non-hydrogen) atoms. The minimum atomic E-state index is -3.37. The lowest BCUT2D eigenvalue weighted by atomic mass is 10.1. The van der Waals surface area contributed by atoms with Gasteiger partial charge in [-0.15, -0.1) is 34.4 Å². The number of aromatic nitrogens is 1. The summed E-state index contributed by atoms with van der Waals surface area (Å²) in [6.07, 6.45) is 3.55. The number of hydrogen-bond donors (Lipinski definition) is 2. The van der Waals surface area contributed by atoms with E-state index in [0.717, 1.165) is 59.3 Å². The van der Waals surface area contributed by atoms with Gasteiger partial charge >= 0.3 is 0 Å². The highest BCUT2D eigenvalue weighted by Gasteiger charge is 2.20. The number of nitrogens with one attached hydrogen (secondary N) is 2. The second-order valence-corrected chi connectivity index (χ2v) is 12.0. The summed E-state index contributed by atoms with van der Waals surface area (Å²) >= 11 is 4.61. The van der Waals surface area contributed by atoms with Crippen molar-refractivity contribution in [3.8, 4) is 11.3 Å². The molecule has 3 aromatic rings. The van der Waals surface area contributed by atoms with E-state index in [0.29, 0.717) is 10.8 Å². The minimum Gasteiger partial charge on any atom is -0.361 e. The average molecular weight is 484 g/mol. The predicted octanol–water partition coefficient (Wildman–Crippen LogP) is 5.22. The number of thioether (sulfide) groups is 1. The second-order valence-electron chi connectivity index (χ2n) is 6.85. The SMILES string of the molecule is O=S(=O)(NCCCCCNc1nc2c(s1)CCSc1ccc(F)cc1-2)c1cccs1. The lowest BCUT2D eigenvalue weighted by Gasteiger charge is -2.06. The molecule has 0 bridgehead atoms. The third-order valence-corrected chi connectivity index (χ3v) is 9.67. The molecule has 1 aromatic carbocycles. The van der Waals surface area contributed by atoms with Crippen LogP contribution in [-0.2, 0) is 16.4 Å². The first kappa shape index (κ1) is 21.8. The van der Waals surface area contributed by atoms with Crippen molar-refractivity contribution >= 4 is 49.6 Å². The maximum atomic E-state index is 13.7. The van der Waals surface area contributed by atoms with Crippen molar-refractivity contribution in [1.82, 2.24) is 9.71 Å². The van der Waals surface area contributed by atoms with E-state index < -0.39 is 10.0 Å². The fourth-order valence-corrected chi connectivity index (χ4v) is 7.43. The number of anilines is 1. The van der Waals surface area contributed by atoms with Crippen LogP contribution in [0.3, 0.4) is 0 Å². The van der Waals surface area contributed by atoms with Gasteiger partial charge < -0.3 is 5.32 Å². The third-order valence-electron chi connectivity index (χ3n) is 4.66. The smallest absolute Gasteiger partial charge is 0.250 e. The molecular formula is C20H22FN3O2S4. The van der Waals surface area contributed by atoms with Crippen LogP contribution in [0.25, 0.3) is 11.3 Å². The Morgan fingerprint density at radius 2 is 2.00 bits per heavy atom. The lowest BCUT2D eigenvalue weighted by Crippen LogP contribution is -2.24. The van der Waals surface area contributed by atoms with Gasteiger partial charge in [0, 0.05) is 34.2 Å². The number of thiazole rings is 1. The zero-order valence-corrected chi connectivity index (χ0v) is 19.5. The van der Waals surface area contributed by atoms with E-state index in [4.69, 9.17) is 4.98 Å². The molecule has 1 aliphatic heterocycles. The van der Waals surface area contributed by atoms with Crippen molar-refractivity contribution in [3.63, 3.8) is 0 Å². The van der Waals surface area contributed by atoms with Gasteiger partial charge in [-0.05, 0) is 48.9 Å². The summed E-state index contributed by atoms with van der Waals surface area (Å²) in [6, 6.07) is 8.26. The van der Waals surface area contributed by atoms with Crippen molar-refractivity contribution in [3.05, 3.63) is 46.4 Å². The molecule has 0 radical (unpaired) electrons. The van der Waals surface area contributed by atoms with Gasteiger partial charge in [0.25, 0.3) is 0 Å². The van der Waals surface area contributed by atoms with Gasteiger partial charge in [-0.25, -0.2) is 22.5 Å². The third kappa shape index (κ3) is 5.23. The summed E-state index contributed by atoms with van der Waals surface area (Å²) in [4.78, 5) is 7.00. The van der Waals surface area contributed by atoms with E-state index in [-0.39, 0.29) is 5.82 Å². The Morgan fingerprint density at radius 1 is 1.13 bits per heavy atom. The van der Waals surface area contributed by atoms with Gasteiger partial charge in [0.15, 0.2) is 5.13 Å². The van der Waals surface area contributed by atoms with E-state index in [1.165, 1.54) is 22.3 Å². The van der Waals surface area contributed by atoms with Crippen LogP contribution in [0.5, 0.6) is 0 Å². The fourth-order valence-electron chi connectivity index (χ4n) is 3.19. The number of aryl methyl sites for hydroxylation is 1. The number of halogens is 1. The average Bonchev–Trinajstić information content (AvgIpc) is 3.36. The van der Waals surface area contributed by atoms with Gasteiger partial charge in [0.05, 0.1) is 5.69 Å². The number of hydrogen-bond acceptors (Lipinski definition) is 7. The zero-order valence-electron chi connectivity index (χ0n) is 16.2. The van der Waals surface area contributed by atoms with E-state index in [1.807, 2.05) is 6.07 Å². The normalized spacial score (nSPS) is 13.5. The summed E-state index contributed by atoms with van der Waals surface area (Å²) in [5.74, 6) is 0.730. The summed E-state index contributed by atoms with van der Waals surface area (Å²) in [6.45, 7) is 1.21. The van der Waals surface area contributed by atoms with Gasteiger partial charge in [-0.2, -0.15) is 0 Å². The van der Waals surface area contributed by atoms with Gasteiger partial charge in [0.2, 0.25) is 10.0 Å². The highest BCUT2D eigenvalue weighted by Crippen LogP contribution is 2.41. The van der Waals surface area contributed by atoms with Crippen LogP contribution in [0.4, 0.5) is 9.52 Å². The molecule has 2 aromatic heterocycles. The van der Waals surface area contributed by atoms with Crippen molar-refractivity contribution in [2.45, 2.75) is 34.8 Å². The number of nitrogens with zero attached hydrogens (tertiary/aromatic N) is 1. The molecule has 0 saturated carbocycles. The van der Waals surface area contributed by atoms with Crippen molar-refractivity contribution in [2.24, 2.45) is 0 Å². The van der Waals surface area contributed by atoms with Crippen LogP contribution in [-0.4, -0.2) is 32.2 Å². The highest BCUT2D eigenvalue weighted by atomic mass is 32.2. The predicted molar refractivity (Wildman–Crippen MR) is 124 cm³/mol. The Kier molecular flexibility index (Phi) is 7.09. The van der Waals surface area contributed by atoms with Gasteiger partial charge in [-0.1, -0.05) is 12.5 Å². The van der Waals surface area contributed by atoms with E-state index >= 15 is 0 Å². The van der Waals surface area contributed by atoms with Crippen LogP contribution in [0.2, 0.25) is 0 Å². The quantitative estimate of drug-likeness (QED) is 0.408. The largest absolute Gasteiger partial charge is 0.361 e. The minimum absolute atomic E-state index is 0.237. The Labute approximate surface area is 188 Å². The molecule has 160 valence electrons. The van der Waals surface area contributed by atoms with Crippen molar-refractivity contribution in [2.75, 3.05) is 24.2 Å². The molecule has 4 rings (SSSR count). The lowest BCUT2D eigenvalue weighted by molar-refractivity contribution is 0.577. The molecule has 0 spiro atoms. The number of unbranched alkanes of at least 4 members (excludes halogenated alkanes) is 2. The second kappa shape index (κ2) is 9.78. The summed E-state index contributed by atoms with van der Waals surface area (Å²) in [5, 5.41) is 5.98. The van der Waals surface area contributed by atoms with Crippen LogP contribution >= 0.6 is 34.4 Å². The topological polar surface area (TPSA) is 71.1 Å². The maximum absolute atomic E-state index is 13.7. The molecule has 1 aliphatic rings. The molecule has 0 saturated heterocycles. The first-order valence-electron chi connectivity index (χ1n) is 9.72. The first-order chi connectivity index (χ1) is 14.5. The molecule has 10 heteroatoms. The van der Waals surface area contributed by atoms with Crippen LogP contribution in [0, 0.1) is 5.82 Å². The van der Waals surface area contributed by atoms with E-state index in [9.17, 15) is 12.8 Å². The van der Waals surface area contributed by atoms with Crippen LogP contribution in [0.1, 0.15) is 24.1 Å². The first-order valence-corrected chi connectivity index (χ1v) is 13.9. The molecule has 0 fully saturated rings. The molecule has 0 unspecified atom stereocenters. The van der Waals surface area contributed by atoms with Gasteiger partial charge in [-0.3, -0.25) is 0 Å². The molecule has 3 heterocycles. The number of thiophene rings is 1. The standard InChI is InChI=1S/C20H22FN3O2S4/c21-14-6-7-16-15(13-14)19-17(8-12-27-16)29-20(24-19)22-9-2-1-3-10-23-30(25,26)18-5-4-11-28-18/h4-7,11,13,23H,1-3,8-10,12H2,(H,22,24). The summed E-state index contributed by atoms with van der Waals surface area (Å²) in [5.41, 5.74) is 1.78. The number of benzene rings is 1. The number of sulfonamides is 1. The number of rotatable bonds is 9. The molecular weight excluding hydrogens is 462 g/mol. The fraction of sp³-hybridized carbons (Fsp3) is 0.350. The van der Waals surface area contributed by atoms with Gasteiger partial charge in [0.1, 0.15) is 10.0 Å². The van der Waals surface area contributed by atoms with Crippen molar-refractivity contribution in [1.29, 1.82) is 0 Å². The van der Waals surface area contributed by atoms with Crippen molar-refractivity contribution < 1.29 is 12.8 Å². The molecule has 5 nitrogen and oxygen atoms in total. The maximum Gasteiger partial charge on any atom is 0.250 e. The summed E-state index contributed by atoms with van der Waals surface area (Å²) in [7, 11) is -3.37. The summed E-state index contributed by atoms with van der Waals surface area (Å²) < 4.78 is 40.8. The zero-order chi connectivity index (χ0) is 21.0. The van der Waals surface area contributed by atoms with E-state index in [1.54, 1.807) is 46.7 Å². The Morgan fingerprint density at radius 3 is 2.83 bits per heavy atom. The monoisotopic (exact) mass is 483 g/mol. The molecule has 0 atom stereocenters. The Balaban J connectivity index is 1.24. The Hall–Kier alpha value is -1.46.